The fourth-order valence-corrected chi connectivity index (χ4v) is 2.61. The van der Waals surface area contributed by atoms with Gasteiger partial charge in [-0.05, 0) is 31.7 Å². The lowest BCUT2D eigenvalue weighted by atomic mass is 9.90. The molecule has 1 aliphatic rings. The van der Waals surface area contributed by atoms with Crippen molar-refractivity contribution >= 4 is 16.9 Å². The first-order valence-corrected chi connectivity index (χ1v) is 6.23. The smallest absolute Gasteiger partial charge is 0.303 e. The van der Waals surface area contributed by atoms with Crippen LogP contribution in [0.25, 0.3) is 11.0 Å². The molecule has 0 radical (unpaired) electrons. The molecule has 1 aromatic heterocycles. The Balaban J connectivity index is 2.08. The van der Waals surface area contributed by atoms with E-state index in [2.05, 4.69) is 5.16 Å². The molecule has 94 valence electrons. The van der Waals surface area contributed by atoms with Crippen molar-refractivity contribution in [3.63, 3.8) is 0 Å². The van der Waals surface area contributed by atoms with E-state index in [9.17, 15) is 4.79 Å². The van der Waals surface area contributed by atoms with Crippen LogP contribution < -0.4 is 0 Å². The highest BCUT2D eigenvalue weighted by Gasteiger charge is 2.35. The molecule has 0 bridgehead atoms. The molecule has 0 aliphatic heterocycles. The second-order valence-corrected chi connectivity index (χ2v) is 5.03. The highest BCUT2D eigenvalue weighted by atomic mass is 16.5. The third-order valence-electron chi connectivity index (χ3n) is 3.69. The summed E-state index contributed by atoms with van der Waals surface area (Å²) in [6, 6.07) is 5.90. The highest BCUT2D eigenvalue weighted by Crippen LogP contribution is 2.46. The van der Waals surface area contributed by atoms with E-state index in [0.29, 0.717) is 5.92 Å². The lowest BCUT2D eigenvalue weighted by molar-refractivity contribution is -0.137. The minimum atomic E-state index is -0.750. The molecule has 2 aromatic rings. The van der Waals surface area contributed by atoms with E-state index in [1.54, 1.807) is 0 Å². The summed E-state index contributed by atoms with van der Waals surface area (Å²) in [7, 11) is 0. The van der Waals surface area contributed by atoms with Crippen LogP contribution >= 0.6 is 0 Å². The molecule has 3 rings (SSSR count). The van der Waals surface area contributed by atoms with Gasteiger partial charge in [0.05, 0.1) is 12.1 Å². The maximum Gasteiger partial charge on any atom is 0.303 e. The molecule has 1 N–H and O–H groups in total. The molecule has 4 nitrogen and oxygen atoms in total. The number of nitrogens with zero attached hydrogens (tertiary/aromatic N) is 1. The van der Waals surface area contributed by atoms with E-state index in [4.69, 9.17) is 9.63 Å². The highest BCUT2D eigenvalue weighted by molar-refractivity contribution is 5.83. The van der Waals surface area contributed by atoms with Crippen LogP contribution in [0.1, 0.15) is 36.4 Å². The fourth-order valence-electron chi connectivity index (χ4n) is 2.61. The zero-order valence-corrected chi connectivity index (χ0v) is 10.2. The molecule has 1 saturated carbocycles. The van der Waals surface area contributed by atoms with Gasteiger partial charge in [0.1, 0.15) is 0 Å². The third kappa shape index (κ3) is 1.88. The van der Waals surface area contributed by atoms with Crippen molar-refractivity contribution in [2.75, 3.05) is 0 Å². The van der Waals surface area contributed by atoms with Gasteiger partial charge >= 0.3 is 5.97 Å². The first kappa shape index (κ1) is 11.3. The predicted octanol–water partition coefficient (Wildman–Crippen LogP) is 3.10. The lowest BCUT2D eigenvalue weighted by Crippen LogP contribution is -2.08. The van der Waals surface area contributed by atoms with E-state index in [1.807, 2.05) is 25.1 Å². The Morgan fingerprint density at radius 1 is 1.56 bits per heavy atom. The molecule has 18 heavy (non-hydrogen) atoms. The molecule has 0 spiro atoms. The van der Waals surface area contributed by atoms with Crippen molar-refractivity contribution in [1.29, 1.82) is 0 Å². The molecule has 0 saturated heterocycles. The van der Waals surface area contributed by atoms with Gasteiger partial charge in [-0.1, -0.05) is 17.3 Å². The number of benzene rings is 1. The molecule has 1 aliphatic carbocycles. The van der Waals surface area contributed by atoms with Gasteiger partial charge in [0, 0.05) is 16.9 Å². The van der Waals surface area contributed by atoms with Gasteiger partial charge in [-0.2, -0.15) is 0 Å². The summed E-state index contributed by atoms with van der Waals surface area (Å²) in [5.41, 5.74) is 2.61. The lowest BCUT2D eigenvalue weighted by Gasteiger charge is -2.14. The number of aromatic nitrogens is 1. The molecule has 1 fully saturated rings. The van der Waals surface area contributed by atoms with Gasteiger partial charge in [-0.3, -0.25) is 4.79 Å². The summed E-state index contributed by atoms with van der Waals surface area (Å²) in [6.07, 6.45) is 2.40. The Labute approximate surface area is 105 Å². The molecule has 1 unspecified atom stereocenters. The van der Waals surface area contributed by atoms with E-state index >= 15 is 0 Å². The van der Waals surface area contributed by atoms with Crippen LogP contribution in [0.4, 0.5) is 0 Å². The summed E-state index contributed by atoms with van der Waals surface area (Å²) in [4.78, 5) is 11.0. The molecule has 4 heteroatoms. The van der Waals surface area contributed by atoms with Crippen LogP contribution in [-0.4, -0.2) is 16.2 Å². The van der Waals surface area contributed by atoms with Crippen molar-refractivity contribution < 1.29 is 14.4 Å². The topological polar surface area (TPSA) is 63.3 Å². The first-order chi connectivity index (χ1) is 8.66. The zero-order valence-electron chi connectivity index (χ0n) is 10.2. The summed E-state index contributed by atoms with van der Waals surface area (Å²) < 4.78 is 5.38. The third-order valence-corrected chi connectivity index (χ3v) is 3.69. The van der Waals surface area contributed by atoms with E-state index in [1.165, 1.54) is 0 Å². The standard InChI is InChI=1S/C14H15NO3/c1-8-10-3-2-4-11(14(10)18-15-8)12(7-13(16)17)9-5-6-9/h2-4,9,12H,5-7H2,1H3,(H,16,17). The first-order valence-electron chi connectivity index (χ1n) is 6.23. The van der Waals surface area contributed by atoms with Crippen LogP contribution in [0.5, 0.6) is 0 Å². The van der Waals surface area contributed by atoms with E-state index < -0.39 is 5.97 Å². The van der Waals surface area contributed by atoms with Crippen molar-refractivity contribution in [2.45, 2.75) is 32.1 Å². The van der Waals surface area contributed by atoms with Crippen LogP contribution in [0, 0.1) is 12.8 Å². The summed E-state index contributed by atoms with van der Waals surface area (Å²) in [5, 5.41) is 14.0. The van der Waals surface area contributed by atoms with Crippen molar-refractivity contribution in [3.05, 3.63) is 29.5 Å². The fraction of sp³-hybridized carbons (Fsp3) is 0.429. The number of aliphatic carboxylic acids is 1. The van der Waals surface area contributed by atoms with Crippen LogP contribution in [0.3, 0.4) is 0 Å². The normalized spacial score (nSPS) is 16.9. The SMILES string of the molecule is Cc1noc2c(C(CC(=O)O)C3CC3)cccc12. The Kier molecular flexibility index (Phi) is 2.58. The van der Waals surface area contributed by atoms with Crippen molar-refractivity contribution in [3.8, 4) is 0 Å². The molecule has 1 heterocycles. The Bertz CT molecular complexity index is 598. The number of carboxylic acid groups (broad SMARTS) is 1. The number of para-hydroxylation sites is 1. The summed E-state index contributed by atoms with van der Waals surface area (Å²) in [5.74, 6) is -0.212. The molecular weight excluding hydrogens is 230 g/mol. The minimum absolute atomic E-state index is 0.0542. The summed E-state index contributed by atoms with van der Waals surface area (Å²) in [6.45, 7) is 1.90. The van der Waals surface area contributed by atoms with Crippen molar-refractivity contribution in [2.24, 2.45) is 5.92 Å². The number of rotatable bonds is 4. The average Bonchev–Trinajstić information content (AvgIpc) is 3.11. The Morgan fingerprint density at radius 3 is 3.00 bits per heavy atom. The molecule has 1 aromatic carbocycles. The maximum atomic E-state index is 11.0. The van der Waals surface area contributed by atoms with E-state index in [-0.39, 0.29) is 12.3 Å². The van der Waals surface area contributed by atoms with E-state index in [0.717, 1.165) is 35.1 Å². The minimum Gasteiger partial charge on any atom is -0.481 e. The Hall–Kier alpha value is -1.84. The monoisotopic (exact) mass is 245 g/mol. The molecule has 1 atom stereocenters. The number of hydrogen-bond acceptors (Lipinski definition) is 3. The quantitative estimate of drug-likeness (QED) is 0.898. The maximum absolute atomic E-state index is 11.0. The van der Waals surface area contributed by atoms with Gasteiger partial charge in [0.2, 0.25) is 0 Å². The zero-order chi connectivity index (χ0) is 12.7. The second-order valence-electron chi connectivity index (χ2n) is 5.03. The number of carbonyl (C=O) groups is 1. The van der Waals surface area contributed by atoms with Crippen LogP contribution in [-0.2, 0) is 4.79 Å². The predicted molar refractivity (Wildman–Crippen MR) is 66.5 cm³/mol. The molecular formula is C14H15NO3. The second kappa shape index (κ2) is 4.12. The average molecular weight is 245 g/mol. The summed E-state index contributed by atoms with van der Waals surface area (Å²) >= 11 is 0. The number of aryl methyl sites for hydroxylation is 1. The molecule has 0 amide bonds. The van der Waals surface area contributed by atoms with Crippen LogP contribution in [0.15, 0.2) is 22.7 Å². The van der Waals surface area contributed by atoms with Crippen molar-refractivity contribution in [1.82, 2.24) is 5.16 Å². The largest absolute Gasteiger partial charge is 0.481 e. The Morgan fingerprint density at radius 2 is 2.33 bits per heavy atom. The van der Waals surface area contributed by atoms with Gasteiger partial charge in [0.15, 0.2) is 5.58 Å². The number of carboxylic acids is 1. The number of hydrogen-bond donors (Lipinski definition) is 1. The van der Waals surface area contributed by atoms with Crippen LogP contribution in [0.2, 0.25) is 0 Å². The van der Waals surface area contributed by atoms with Gasteiger partial charge in [0.25, 0.3) is 0 Å². The van der Waals surface area contributed by atoms with Gasteiger partial charge < -0.3 is 9.63 Å². The number of fused-ring (bicyclic) bond motifs is 1. The van der Waals surface area contributed by atoms with Gasteiger partial charge in [-0.25, -0.2) is 0 Å². The van der Waals surface area contributed by atoms with Gasteiger partial charge in [-0.15, -0.1) is 0 Å².